The number of rotatable bonds is 1. The van der Waals surface area contributed by atoms with Gasteiger partial charge in [0.1, 0.15) is 6.10 Å². The molecule has 0 aromatic heterocycles. The molecule has 10 heavy (non-hydrogen) atoms. The number of epoxide rings is 1. The number of ether oxygens (including phenoxy) is 3. The zero-order valence-corrected chi connectivity index (χ0v) is 6.29. The molecule has 2 aliphatic rings. The Kier molecular flexibility index (Phi) is 1.27. The summed E-state index contributed by atoms with van der Waals surface area (Å²) in [7, 11) is 1.69. The van der Waals surface area contributed by atoms with Gasteiger partial charge in [-0.2, -0.15) is 0 Å². The minimum absolute atomic E-state index is 0.186. The molecule has 2 heterocycles. The van der Waals surface area contributed by atoms with Crippen LogP contribution in [-0.4, -0.2) is 31.7 Å². The SMILES string of the molecule is COC12CCOC(C)[C@@H]1O2. The lowest BCUT2D eigenvalue weighted by Gasteiger charge is -2.20. The van der Waals surface area contributed by atoms with Gasteiger partial charge in [0.15, 0.2) is 5.79 Å². The zero-order chi connectivity index (χ0) is 7.19. The van der Waals surface area contributed by atoms with Crippen LogP contribution in [0, 0.1) is 0 Å². The van der Waals surface area contributed by atoms with Crippen molar-refractivity contribution in [1.82, 2.24) is 0 Å². The number of hydrogen-bond acceptors (Lipinski definition) is 3. The van der Waals surface area contributed by atoms with Crippen molar-refractivity contribution >= 4 is 0 Å². The van der Waals surface area contributed by atoms with Gasteiger partial charge < -0.3 is 14.2 Å². The van der Waals surface area contributed by atoms with Crippen molar-refractivity contribution in [3.8, 4) is 0 Å². The van der Waals surface area contributed by atoms with Crippen molar-refractivity contribution in [2.24, 2.45) is 0 Å². The lowest BCUT2D eigenvalue weighted by molar-refractivity contribution is -0.0597. The minimum Gasteiger partial charge on any atom is -0.375 e. The smallest absolute Gasteiger partial charge is 0.200 e. The van der Waals surface area contributed by atoms with E-state index in [0.717, 1.165) is 13.0 Å². The summed E-state index contributed by atoms with van der Waals surface area (Å²) in [6.45, 7) is 2.77. The molecular weight excluding hydrogens is 132 g/mol. The summed E-state index contributed by atoms with van der Waals surface area (Å²) in [5.74, 6) is -0.266. The average molecular weight is 144 g/mol. The number of methoxy groups -OCH3 is 1. The Labute approximate surface area is 60.3 Å². The van der Waals surface area contributed by atoms with Crippen molar-refractivity contribution in [2.45, 2.75) is 31.3 Å². The zero-order valence-electron chi connectivity index (χ0n) is 6.29. The first kappa shape index (κ1) is 6.58. The molecule has 2 unspecified atom stereocenters. The van der Waals surface area contributed by atoms with Gasteiger partial charge in [0.25, 0.3) is 0 Å². The molecule has 0 saturated carbocycles. The maximum atomic E-state index is 5.38. The molecular formula is C7H12O3. The Hall–Kier alpha value is -0.120. The second-order valence-electron chi connectivity index (χ2n) is 2.88. The molecule has 2 aliphatic heterocycles. The molecule has 0 N–H and O–H groups in total. The lowest BCUT2D eigenvalue weighted by atomic mass is 10.1. The van der Waals surface area contributed by atoms with Crippen LogP contribution in [0.15, 0.2) is 0 Å². The molecule has 0 amide bonds. The second-order valence-corrected chi connectivity index (χ2v) is 2.88. The largest absolute Gasteiger partial charge is 0.375 e. The van der Waals surface area contributed by atoms with Gasteiger partial charge in [0.05, 0.1) is 12.7 Å². The van der Waals surface area contributed by atoms with E-state index in [1.807, 2.05) is 6.92 Å². The van der Waals surface area contributed by atoms with Crippen LogP contribution >= 0.6 is 0 Å². The van der Waals surface area contributed by atoms with E-state index in [-0.39, 0.29) is 18.0 Å². The topological polar surface area (TPSA) is 31.0 Å². The molecule has 3 atom stereocenters. The molecule has 0 spiro atoms. The molecule has 0 aliphatic carbocycles. The maximum Gasteiger partial charge on any atom is 0.200 e. The summed E-state index contributed by atoms with van der Waals surface area (Å²) in [5, 5.41) is 0. The Morgan fingerprint density at radius 3 is 3.00 bits per heavy atom. The summed E-state index contributed by atoms with van der Waals surface area (Å²) < 4.78 is 16.0. The van der Waals surface area contributed by atoms with E-state index in [1.54, 1.807) is 7.11 Å². The predicted octanol–water partition coefficient (Wildman–Crippen LogP) is 0.537. The van der Waals surface area contributed by atoms with Crippen molar-refractivity contribution in [3.63, 3.8) is 0 Å². The van der Waals surface area contributed by atoms with Crippen molar-refractivity contribution in [3.05, 3.63) is 0 Å². The molecule has 2 saturated heterocycles. The Morgan fingerprint density at radius 1 is 1.60 bits per heavy atom. The quantitative estimate of drug-likeness (QED) is 0.503. The molecule has 2 fully saturated rings. The van der Waals surface area contributed by atoms with E-state index >= 15 is 0 Å². The summed E-state index contributed by atoms with van der Waals surface area (Å²) >= 11 is 0. The molecule has 0 bridgehead atoms. The highest BCUT2D eigenvalue weighted by atomic mass is 16.8. The van der Waals surface area contributed by atoms with Crippen molar-refractivity contribution < 1.29 is 14.2 Å². The van der Waals surface area contributed by atoms with Gasteiger partial charge in [-0.3, -0.25) is 0 Å². The molecule has 0 aromatic carbocycles. The van der Waals surface area contributed by atoms with E-state index in [4.69, 9.17) is 14.2 Å². The van der Waals surface area contributed by atoms with Crippen LogP contribution in [0.25, 0.3) is 0 Å². The summed E-state index contributed by atoms with van der Waals surface area (Å²) in [5.41, 5.74) is 0. The highest BCUT2D eigenvalue weighted by Crippen LogP contribution is 2.46. The molecule has 0 aromatic rings. The minimum atomic E-state index is -0.266. The van der Waals surface area contributed by atoms with Crippen LogP contribution < -0.4 is 0 Å². The highest BCUT2D eigenvalue weighted by molar-refractivity contribution is 5.00. The van der Waals surface area contributed by atoms with Gasteiger partial charge in [-0.05, 0) is 6.92 Å². The van der Waals surface area contributed by atoms with Gasteiger partial charge >= 0.3 is 0 Å². The van der Waals surface area contributed by atoms with E-state index in [2.05, 4.69) is 0 Å². The van der Waals surface area contributed by atoms with Gasteiger partial charge in [-0.25, -0.2) is 0 Å². The van der Waals surface area contributed by atoms with Crippen LogP contribution in [0.2, 0.25) is 0 Å². The maximum absolute atomic E-state index is 5.38. The van der Waals surface area contributed by atoms with Crippen molar-refractivity contribution in [2.75, 3.05) is 13.7 Å². The Bertz CT molecular complexity index is 148. The monoisotopic (exact) mass is 144 g/mol. The highest BCUT2D eigenvalue weighted by Gasteiger charge is 2.62. The summed E-state index contributed by atoms with van der Waals surface area (Å²) in [6.07, 6.45) is 1.26. The normalized spacial score (nSPS) is 52.2. The first-order valence-electron chi connectivity index (χ1n) is 3.63. The third-order valence-electron chi connectivity index (χ3n) is 2.31. The predicted molar refractivity (Wildman–Crippen MR) is 34.6 cm³/mol. The number of fused-ring (bicyclic) bond motifs is 1. The summed E-state index contributed by atoms with van der Waals surface area (Å²) in [4.78, 5) is 0. The van der Waals surface area contributed by atoms with Crippen LogP contribution in [0.4, 0.5) is 0 Å². The van der Waals surface area contributed by atoms with E-state index < -0.39 is 0 Å². The van der Waals surface area contributed by atoms with E-state index in [9.17, 15) is 0 Å². The summed E-state index contributed by atoms with van der Waals surface area (Å²) in [6, 6.07) is 0. The van der Waals surface area contributed by atoms with Crippen LogP contribution in [0.3, 0.4) is 0 Å². The van der Waals surface area contributed by atoms with Crippen molar-refractivity contribution in [1.29, 1.82) is 0 Å². The van der Waals surface area contributed by atoms with E-state index in [0.29, 0.717) is 0 Å². The fourth-order valence-electron chi connectivity index (χ4n) is 1.58. The van der Waals surface area contributed by atoms with Gasteiger partial charge in [0.2, 0.25) is 0 Å². The first-order chi connectivity index (χ1) is 4.78. The molecule has 58 valence electrons. The van der Waals surface area contributed by atoms with Gasteiger partial charge in [-0.15, -0.1) is 0 Å². The standard InChI is InChI=1S/C7H12O3/c1-5-6-7(8-2,10-6)3-4-9-5/h5-6H,3-4H2,1-2H3/t5?,6-,7?/m0/s1. The van der Waals surface area contributed by atoms with E-state index in [1.165, 1.54) is 0 Å². The fraction of sp³-hybridized carbons (Fsp3) is 1.00. The van der Waals surface area contributed by atoms with Gasteiger partial charge in [0, 0.05) is 13.5 Å². The molecule has 2 rings (SSSR count). The van der Waals surface area contributed by atoms with Crippen LogP contribution in [-0.2, 0) is 14.2 Å². The Balaban J connectivity index is 2.05. The Morgan fingerprint density at radius 2 is 2.40 bits per heavy atom. The first-order valence-corrected chi connectivity index (χ1v) is 3.63. The van der Waals surface area contributed by atoms with Crippen LogP contribution in [0.5, 0.6) is 0 Å². The number of hydrogen-bond donors (Lipinski definition) is 0. The molecule has 0 radical (unpaired) electrons. The third kappa shape index (κ3) is 0.713. The fourth-order valence-corrected chi connectivity index (χ4v) is 1.58. The van der Waals surface area contributed by atoms with Crippen LogP contribution in [0.1, 0.15) is 13.3 Å². The van der Waals surface area contributed by atoms with Gasteiger partial charge in [-0.1, -0.05) is 0 Å². The molecule has 3 nitrogen and oxygen atoms in total. The lowest BCUT2D eigenvalue weighted by Crippen LogP contribution is -2.33. The molecule has 3 heteroatoms. The second kappa shape index (κ2) is 1.94. The average Bonchev–Trinajstić information content (AvgIpc) is 2.65. The third-order valence-corrected chi connectivity index (χ3v) is 2.31.